The van der Waals surface area contributed by atoms with Crippen molar-refractivity contribution in [3.8, 4) is 0 Å². The van der Waals surface area contributed by atoms with Gasteiger partial charge in [-0.25, -0.2) is 0 Å². The van der Waals surface area contributed by atoms with Crippen molar-refractivity contribution < 1.29 is 0 Å². The van der Waals surface area contributed by atoms with Crippen LogP contribution < -0.4 is 0 Å². The summed E-state index contributed by atoms with van der Waals surface area (Å²) in [5, 5.41) is 0.791. The van der Waals surface area contributed by atoms with Gasteiger partial charge in [0.25, 0.3) is 0 Å². The second-order valence-corrected chi connectivity index (χ2v) is 5.72. The molecule has 1 aliphatic heterocycles. The van der Waals surface area contributed by atoms with E-state index in [2.05, 4.69) is 55.1 Å². The Morgan fingerprint density at radius 1 is 1.17 bits per heavy atom. The molecule has 0 aliphatic carbocycles. The lowest BCUT2D eigenvalue weighted by molar-refractivity contribution is 0.146. The van der Waals surface area contributed by atoms with Gasteiger partial charge in [-0.3, -0.25) is 0 Å². The van der Waals surface area contributed by atoms with E-state index < -0.39 is 0 Å². The molecule has 0 N–H and O–H groups in total. The maximum absolute atomic E-state index is 5.95. The van der Waals surface area contributed by atoms with Crippen LogP contribution in [0.5, 0.6) is 0 Å². The lowest BCUT2D eigenvalue weighted by Gasteiger charge is -2.37. The van der Waals surface area contributed by atoms with Crippen molar-refractivity contribution in [3.05, 3.63) is 47.3 Å². The normalized spacial score (nSPS) is 15.6. The summed E-state index contributed by atoms with van der Waals surface area (Å²) in [7, 11) is 0. The summed E-state index contributed by atoms with van der Waals surface area (Å²) < 4.78 is 0. The summed E-state index contributed by atoms with van der Waals surface area (Å²) in [6.45, 7) is 8.78. The Morgan fingerprint density at radius 2 is 1.83 bits per heavy atom. The van der Waals surface area contributed by atoms with Crippen LogP contribution in [-0.4, -0.2) is 23.0 Å². The molecule has 98 valence electrons. The molecule has 0 saturated carbocycles. The van der Waals surface area contributed by atoms with E-state index in [0.29, 0.717) is 0 Å². The fraction of sp³-hybridized carbons (Fsp3) is 0.467. The maximum atomic E-state index is 5.95. The molecule has 0 atom stereocenters. The van der Waals surface area contributed by atoms with Gasteiger partial charge in [-0.15, -0.1) is 0 Å². The molecule has 2 rings (SSSR count). The Labute approximate surface area is 115 Å². The summed E-state index contributed by atoms with van der Waals surface area (Å²) in [4.78, 5) is 4.71. The van der Waals surface area contributed by atoms with Crippen molar-refractivity contribution >= 4 is 11.6 Å². The Morgan fingerprint density at radius 3 is 2.44 bits per heavy atom. The van der Waals surface area contributed by atoms with Gasteiger partial charge >= 0.3 is 0 Å². The molecule has 1 aliphatic rings. The fourth-order valence-corrected chi connectivity index (χ4v) is 2.41. The number of benzene rings is 1. The molecule has 0 saturated heterocycles. The predicted molar refractivity (Wildman–Crippen MR) is 77.3 cm³/mol. The summed E-state index contributed by atoms with van der Waals surface area (Å²) >= 11 is 5.95. The largest absolute Gasteiger partial charge is 0.359 e. The van der Waals surface area contributed by atoms with Crippen molar-refractivity contribution in [2.45, 2.75) is 32.7 Å². The van der Waals surface area contributed by atoms with Crippen LogP contribution in [0.2, 0.25) is 5.02 Å². The van der Waals surface area contributed by atoms with Crippen LogP contribution in [0, 0.1) is 0 Å². The van der Waals surface area contributed by atoms with E-state index in [9.17, 15) is 0 Å². The highest BCUT2D eigenvalue weighted by atomic mass is 35.5. The van der Waals surface area contributed by atoms with Gasteiger partial charge in [0.15, 0.2) is 0 Å². The summed E-state index contributed by atoms with van der Waals surface area (Å²) in [6.07, 6.45) is 5.55. The lowest BCUT2D eigenvalue weighted by Crippen LogP contribution is -2.39. The third-order valence-electron chi connectivity index (χ3n) is 3.57. The van der Waals surface area contributed by atoms with E-state index in [1.54, 1.807) is 0 Å². The molecule has 0 radical (unpaired) electrons. The van der Waals surface area contributed by atoms with Gasteiger partial charge in [0.05, 0.1) is 12.2 Å². The van der Waals surface area contributed by atoms with Crippen molar-refractivity contribution in [2.75, 3.05) is 13.2 Å². The topological polar surface area (TPSA) is 6.48 Å². The van der Waals surface area contributed by atoms with Crippen molar-refractivity contribution in [2.24, 2.45) is 0 Å². The molecular weight excluding hydrogens is 244 g/mol. The lowest BCUT2D eigenvalue weighted by atomic mass is 9.93. The van der Waals surface area contributed by atoms with Gasteiger partial charge in [0.1, 0.15) is 0 Å². The highest BCUT2D eigenvalue weighted by Gasteiger charge is 2.29. The zero-order chi connectivity index (χ0) is 13.2. The van der Waals surface area contributed by atoms with E-state index in [1.807, 2.05) is 12.1 Å². The van der Waals surface area contributed by atoms with Crippen molar-refractivity contribution in [1.29, 1.82) is 0 Å². The number of nitrogens with zero attached hydrogens (tertiary/aromatic N) is 2. The second kappa shape index (κ2) is 5.23. The molecule has 1 aromatic rings. The summed E-state index contributed by atoms with van der Waals surface area (Å²) in [6, 6.07) is 8.14. The first-order valence-corrected chi connectivity index (χ1v) is 6.87. The minimum atomic E-state index is -0.0103. The molecule has 0 aromatic heterocycles. The molecule has 1 heterocycles. The van der Waals surface area contributed by atoms with E-state index >= 15 is 0 Å². The van der Waals surface area contributed by atoms with Crippen LogP contribution in [-0.2, 0) is 5.54 Å². The van der Waals surface area contributed by atoms with Crippen LogP contribution in [0.15, 0.2) is 36.7 Å². The standard InChI is InChI=1S/C15H21ClN2/c1-4-9-17-10-11-18(12-17)15(2,3)13-5-7-14(16)8-6-13/h5-8,10-11H,4,9,12H2,1-3H3. The molecule has 0 bridgehead atoms. The maximum Gasteiger partial charge on any atom is 0.0901 e. The molecule has 18 heavy (non-hydrogen) atoms. The molecule has 2 nitrogen and oxygen atoms in total. The molecule has 0 amide bonds. The van der Waals surface area contributed by atoms with Gasteiger partial charge in [-0.1, -0.05) is 30.7 Å². The first-order valence-electron chi connectivity index (χ1n) is 6.49. The fourth-order valence-electron chi connectivity index (χ4n) is 2.28. The Kier molecular flexibility index (Phi) is 3.86. The van der Waals surface area contributed by atoms with E-state index in [-0.39, 0.29) is 5.54 Å². The van der Waals surface area contributed by atoms with Crippen LogP contribution in [0.3, 0.4) is 0 Å². The quantitative estimate of drug-likeness (QED) is 0.810. The number of hydrogen-bond donors (Lipinski definition) is 0. The Balaban J connectivity index is 2.12. The highest BCUT2D eigenvalue weighted by Crippen LogP contribution is 2.31. The molecular formula is C15H21ClN2. The third kappa shape index (κ3) is 2.64. The smallest absolute Gasteiger partial charge is 0.0901 e. The average Bonchev–Trinajstić information content (AvgIpc) is 2.79. The molecule has 0 spiro atoms. The average molecular weight is 265 g/mol. The van der Waals surface area contributed by atoms with Gasteiger partial charge < -0.3 is 9.80 Å². The van der Waals surface area contributed by atoms with Crippen LogP contribution in [0.25, 0.3) is 0 Å². The number of rotatable bonds is 4. The summed E-state index contributed by atoms with van der Waals surface area (Å²) in [5.41, 5.74) is 1.28. The van der Waals surface area contributed by atoms with Crippen LogP contribution in [0.4, 0.5) is 0 Å². The van der Waals surface area contributed by atoms with Crippen LogP contribution >= 0.6 is 11.6 Å². The monoisotopic (exact) mass is 264 g/mol. The Bertz CT molecular complexity index is 423. The minimum absolute atomic E-state index is 0.0103. The highest BCUT2D eigenvalue weighted by molar-refractivity contribution is 6.30. The van der Waals surface area contributed by atoms with Crippen molar-refractivity contribution in [3.63, 3.8) is 0 Å². The molecule has 3 heteroatoms. The van der Waals surface area contributed by atoms with E-state index in [0.717, 1.165) is 18.2 Å². The predicted octanol–water partition coefficient (Wildman–Crippen LogP) is 4.03. The minimum Gasteiger partial charge on any atom is -0.359 e. The Hall–Kier alpha value is -1.15. The van der Waals surface area contributed by atoms with Gasteiger partial charge in [-0.2, -0.15) is 0 Å². The molecule has 0 unspecified atom stereocenters. The van der Waals surface area contributed by atoms with Crippen molar-refractivity contribution in [1.82, 2.24) is 9.80 Å². The van der Waals surface area contributed by atoms with Gasteiger partial charge in [-0.05, 0) is 38.0 Å². The first-order chi connectivity index (χ1) is 8.54. The zero-order valence-electron chi connectivity index (χ0n) is 11.4. The van der Waals surface area contributed by atoms with Gasteiger partial charge in [0.2, 0.25) is 0 Å². The van der Waals surface area contributed by atoms with Gasteiger partial charge in [0, 0.05) is 24.0 Å². The van der Waals surface area contributed by atoms with E-state index in [4.69, 9.17) is 11.6 Å². The zero-order valence-corrected chi connectivity index (χ0v) is 12.1. The molecule has 0 fully saturated rings. The third-order valence-corrected chi connectivity index (χ3v) is 3.82. The summed E-state index contributed by atoms with van der Waals surface area (Å²) in [5.74, 6) is 0. The van der Waals surface area contributed by atoms with Crippen LogP contribution in [0.1, 0.15) is 32.8 Å². The number of hydrogen-bond acceptors (Lipinski definition) is 2. The second-order valence-electron chi connectivity index (χ2n) is 5.29. The SMILES string of the molecule is CCCN1C=CN(C(C)(C)c2ccc(Cl)cc2)C1. The molecule has 1 aromatic carbocycles. The van der Waals surface area contributed by atoms with E-state index in [1.165, 1.54) is 12.0 Å². The first kappa shape index (κ1) is 13.3. The number of halogens is 1.